The Labute approximate surface area is 134 Å². The molecule has 0 spiro atoms. The number of phenols is 1. The zero-order valence-corrected chi connectivity index (χ0v) is 14.1. The van der Waals surface area contributed by atoms with Crippen LogP contribution in [0, 0.1) is 13.8 Å². The Balaban J connectivity index is 0.000000612. The van der Waals surface area contributed by atoms with Crippen LogP contribution in [0.5, 0.6) is 5.75 Å². The van der Waals surface area contributed by atoms with Crippen LogP contribution in [0.25, 0.3) is 0 Å². The quantitative estimate of drug-likeness (QED) is 0.750. The number of benzene rings is 2. The van der Waals surface area contributed by atoms with Crippen LogP contribution in [0.15, 0.2) is 47.5 Å². The standard InChI is InChI=1S/C15H15NO.2ClH.V/c1-11-8-12(2)15(17)14(9-11)16-10-13-6-4-3-5-7-13;;;/h3-10,17H,1-2H3;2*1H;/q;;;+2/p-2. The van der Waals surface area contributed by atoms with Gasteiger partial charge in [-0.2, -0.15) is 0 Å². The summed E-state index contributed by atoms with van der Waals surface area (Å²) in [6.45, 7) is 3.87. The van der Waals surface area contributed by atoms with Gasteiger partial charge in [-0.1, -0.05) is 36.4 Å². The second-order valence-corrected chi connectivity index (χ2v) is 6.49. The van der Waals surface area contributed by atoms with Crippen molar-refractivity contribution in [1.82, 2.24) is 0 Å². The van der Waals surface area contributed by atoms with Crippen LogP contribution < -0.4 is 0 Å². The number of aryl methyl sites for hydroxylation is 2. The van der Waals surface area contributed by atoms with Crippen LogP contribution in [0.2, 0.25) is 0 Å². The van der Waals surface area contributed by atoms with Crippen molar-refractivity contribution in [3.63, 3.8) is 0 Å². The van der Waals surface area contributed by atoms with Crippen LogP contribution in [0.4, 0.5) is 5.69 Å². The van der Waals surface area contributed by atoms with E-state index in [1.165, 1.54) is 0 Å². The molecule has 0 fully saturated rings. The van der Waals surface area contributed by atoms with Gasteiger partial charge < -0.3 is 5.11 Å². The molecular weight excluding hydrogens is 332 g/mol. The third-order valence-electron chi connectivity index (χ3n) is 2.58. The predicted molar refractivity (Wildman–Crippen MR) is 83.0 cm³/mol. The Morgan fingerprint density at radius 2 is 1.70 bits per heavy atom. The third kappa shape index (κ3) is 5.60. The van der Waals surface area contributed by atoms with Crippen molar-refractivity contribution in [1.29, 1.82) is 0 Å². The van der Waals surface area contributed by atoms with Crippen molar-refractivity contribution >= 4 is 31.6 Å². The van der Waals surface area contributed by atoms with Crippen molar-refractivity contribution in [3.8, 4) is 5.75 Å². The summed E-state index contributed by atoms with van der Waals surface area (Å²) in [5.74, 6) is 0.253. The predicted octanol–water partition coefficient (Wildman–Crippen LogP) is 5.14. The summed E-state index contributed by atoms with van der Waals surface area (Å²) in [6.07, 6.45) is 1.76. The van der Waals surface area contributed by atoms with Gasteiger partial charge in [-0.3, -0.25) is 4.99 Å². The molecule has 2 aromatic rings. The number of nitrogens with zero attached hydrogens (tertiary/aromatic N) is 1. The topological polar surface area (TPSA) is 32.6 Å². The molecule has 2 aromatic carbocycles. The van der Waals surface area contributed by atoms with Crippen molar-refractivity contribution in [2.45, 2.75) is 13.8 Å². The Hall–Kier alpha value is -0.926. The van der Waals surface area contributed by atoms with Gasteiger partial charge >= 0.3 is 34.1 Å². The van der Waals surface area contributed by atoms with Gasteiger partial charge in [-0.15, -0.1) is 0 Å². The van der Waals surface area contributed by atoms with Gasteiger partial charge in [-0.05, 0) is 36.6 Å². The molecule has 0 atom stereocenters. The third-order valence-corrected chi connectivity index (χ3v) is 2.58. The van der Waals surface area contributed by atoms with Gasteiger partial charge in [0.1, 0.15) is 11.4 Å². The molecular formula is C15H15Cl2NOV. The van der Waals surface area contributed by atoms with Gasteiger partial charge in [0.05, 0.1) is 0 Å². The van der Waals surface area contributed by atoms with Crippen LogP contribution in [0.1, 0.15) is 16.7 Å². The summed E-state index contributed by atoms with van der Waals surface area (Å²) in [5, 5.41) is 9.89. The van der Waals surface area contributed by atoms with Gasteiger partial charge in [0, 0.05) is 6.21 Å². The van der Waals surface area contributed by atoms with Crippen LogP contribution >= 0.6 is 19.7 Å². The molecule has 0 aromatic heterocycles. The number of hydrogen-bond acceptors (Lipinski definition) is 2. The fourth-order valence-electron chi connectivity index (χ4n) is 1.72. The number of halogens is 2. The fourth-order valence-corrected chi connectivity index (χ4v) is 1.72. The van der Waals surface area contributed by atoms with Crippen LogP contribution in [-0.4, -0.2) is 11.3 Å². The molecule has 0 saturated heterocycles. The fraction of sp³-hybridized carbons (Fsp3) is 0.133. The first-order valence-electron chi connectivity index (χ1n) is 5.90. The molecule has 0 aliphatic heterocycles. The molecule has 20 heavy (non-hydrogen) atoms. The first-order valence-corrected chi connectivity index (χ1v) is 9.74. The molecule has 0 aliphatic rings. The first kappa shape index (κ1) is 17.1. The molecule has 0 bridgehead atoms. The van der Waals surface area contributed by atoms with E-state index < -0.39 is 0 Å². The van der Waals surface area contributed by atoms with Gasteiger partial charge in [0.2, 0.25) is 0 Å². The molecule has 0 heterocycles. The maximum atomic E-state index is 9.89. The summed E-state index contributed by atoms with van der Waals surface area (Å²) in [5.41, 5.74) is 3.59. The minimum absolute atomic E-state index is 0.253. The molecule has 0 amide bonds. The van der Waals surface area contributed by atoms with Gasteiger partial charge in [0.25, 0.3) is 0 Å². The van der Waals surface area contributed by atoms with Gasteiger partial charge in [-0.25, -0.2) is 0 Å². The Morgan fingerprint density at radius 3 is 2.30 bits per heavy atom. The van der Waals surface area contributed by atoms with E-state index in [4.69, 9.17) is 19.7 Å². The number of rotatable bonds is 2. The van der Waals surface area contributed by atoms with E-state index in [1.807, 2.05) is 56.3 Å². The van der Waals surface area contributed by atoms with Crippen LogP contribution in [0.3, 0.4) is 0 Å². The summed E-state index contributed by atoms with van der Waals surface area (Å²) < 4.78 is 0. The molecule has 0 saturated carbocycles. The average Bonchev–Trinajstić information content (AvgIpc) is 2.43. The number of hydrogen-bond donors (Lipinski definition) is 1. The number of aromatic hydroxyl groups is 1. The SMILES string of the molecule is Cc1cc(C)c(O)c(N=Cc2ccccc2)c1.[Cl][V][Cl]. The zero-order valence-electron chi connectivity index (χ0n) is 11.2. The maximum absolute atomic E-state index is 9.89. The van der Waals surface area contributed by atoms with Crippen molar-refractivity contribution in [2.75, 3.05) is 0 Å². The summed E-state index contributed by atoms with van der Waals surface area (Å²) in [4.78, 5) is 4.32. The number of phenolic OH excluding ortho intramolecular Hbond substituents is 1. The molecule has 0 unspecified atom stereocenters. The Kier molecular flexibility index (Phi) is 7.79. The van der Waals surface area contributed by atoms with E-state index in [1.54, 1.807) is 6.21 Å². The summed E-state index contributed by atoms with van der Waals surface area (Å²) >= 11 is -0.368. The zero-order chi connectivity index (χ0) is 15.0. The minimum atomic E-state index is -0.368. The van der Waals surface area contributed by atoms with E-state index >= 15 is 0 Å². The first-order chi connectivity index (χ1) is 9.58. The molecule has 2 nitrogen and oxygen atoms in total. The van der Waals surface area contributed by atoms with Crippen molar-refractivity contribution in [2.24, 2.45) is 4.99 Å². The van der Waals surface area contributed by atoms with Gasteiger partial charge in [0.15, 0.2) is 0 Å². The van der Waals surface area contributed by atoms with E-state index in [2.05, 4.69) is 4.99 Å². The molecule has 1 N–H and O–H groups in total. The van der Waals surface area contributed by atoms with Crippen molar-refractivity contribution < 1.29 is 19.5 Å². The molecule has 105 valence electrons. The normalized spacial score (nSPS) is 10.0. The van der Waals surface area contributed by atoms with E-state index in [-0.39, 0.29) is 20.1 Å². The summed E-state index contributed by atoms with van der Waals surface area (Å²) in [6, 6.07) is 13.7. The van der Waals surface area contributed by atoms with E-state index in [0.717, 1.165) is 16.7 Å². The second-order valence-electron chi connectivity index (χ2n) is 4.18. The summed E-state index contributed by atoms with van der Waals surface area (Å²) in [7, 11) is 9.72. The average molecular weight is 347 g/mol. The Morgan fingerprint density at radius 1 is 1.10 bits per heavy atom. The van der Waals surface area contributed by atoms with E-state index in [9.17, 15) is 5.11 Å². The molecule has 0 radical (unpaired) electrons. The van der Waals surface area contributed by atoms with Crippen molar-refractivity contribution in [3.05, 3.63) is 59.2 Å². The van der Waals surface area contributed by atoms with E-state index in [0.29, 0.717) is 5.69 Å². The monoisotopic (exact) mass is 346 g/mol. The molecule has 5 heteroatoms. The molecule has 0 aliphatic carbocycles. The molecule has 2 rings (SSSR count). The number of aliphatic imine (C=N–C) groups is 1. The second kappa shape index (κ2) is 9.09. The van der Waals surface area contributed by atoms with Crippen LogP contribution in [-0.2, 0) is 14.4 Å². The Bertz CT molecular complexity index is 574.